The molecule has 1 aromatic carbocycles. The number of ether oxygens (including phenoxy) is 2. The van der Waals surface area contributed by atoms with Crippen LogP contribution in [0.2, 0.25) is 0 Å². The van der Waals surface area contributed by atoms with Crippen molar-refractivity contribution in [2.75, 3.05) is 26.2 Å². The molecule has 2 aliphatic heterocycles. The van der Waals surface area contributed by atoms with Crippen molar-refractivity contribution in [3.63, 3.8) is 0 Å². The Morgan fingerprint density at radius 3 is 3.17 bits per heavy atom. The molecule has 1 saturated heterocycles. The maximum absolute atomic E-state index is 6.00. The van der Waals surface area contributed by atoms with E-state index >= 15 is 0 Å². The van der Waals surface area contributed by atoms with Gasteiger partial charge in [0.05, 0.1) is 30.6 Å². The van der Waals surface area contributed by atoms with Crippen LogP contribution in [-0.4, -0.2) is 52.2 Å². The number of hydrogen-bond donors (Lipinski definition) is 0. The first-order valence-electron chi connectivity index (χ1n) is 8.64. The molecule has 128 valence electrons. The fraction of sp³-hybridized carbons (Fsp3) is 0.556. The third-order valence-corrected chi connectivity index (χ3v) is 5.23. The van der Waals surface area contributed by atoms with Crippen LogP contribution < -0.4 is 4.74 Å². The molecule has 2 aromatic rings. The zero-order valence-electron chi connectivity index (χ0n) is 14.3. The number of nitrogens with zero attached hydrogens (tertiary/aromatic N) is 4. The summed E-state index contributed by atoms with van der Waals surface area (Å²) in [6.07, 6.45) is 3.10. The predicted molar refractivity (Wildman–Crippen MR) is 90.1 cm³/mol. The van der Waals surface area contributed by atoms with Gasteiger partial charge in [0, 0.05) is 19.6 Å². The van der Waals surface area contributed by atoms with Crippen molar-refractivity contribution >= 4 is 0 Å². The Hall–Kier alpha value is -1.92. The van der Waals surface area contributed by atoms with Gasteiger partial charge in [-0.2, -0.15) is 0 Å². The number of aromatic nitrogens is 3. The Morgan fingerprint density at radius 2 is 2.25 bits per heavy atom. The maximum Gasteiger partial charge on any atom is 0.122 e. The van der Waals surface area contributed by atoms with Crippen molar-refractivity contribution in [2.45, 2.75) is 39.0 Å². The van der Waals surface area contributed by atoms with Crippen molar-refractivity contribution in [2.24, 2.45) is 0 Å². The number of fused-ring (bicyclic) bond motifs is 3. The summed E-state index contributed by atoms with van der Waals surface area (Å²) in [5, 5.41) is 8.28. The van der Waals surface area contributed by atoms with Crippen LogP contribution in [0.15, 0.2) is 24.4 Å². The van der Waals surface area contributed by atoms with Crippen LogP contribution in [0.4, 0.5) is 0 Å². The highest BCUT2D eigenvalue weighted by atomic mass is 16.5. The van der Waals surface area contributed by atoms with Gasteiger partial charge in [-0.3, -0.25) is 4.90 Å². The molecule has 6 nitrogen and oxygen atoms in total. The lowest BCUT2D eigenvalue weighted by molar-refractivity contribution is -0.0667. The Kier molecular flexibility index (Phi) is 4.24. The number of hydrogen-bond acceptors (Lipinski definition) is 5. The monoisotopic (exact) mass is 328 g/mol. The number of aryl methyl sites for hydroxylation is 1. The van der Waals surface area contributed by atoms with Gasteiger partial charge in [-0.15, -0.1) is 5.10 Å². The molecular weight excluding hydrogens is 304 g/mol. The third-order valence-electron chi connectivity index (χ3n) is 5.23. The van der Waals surface area contributed by atoms with Gasteiger partial charge in [-0.05, 0) is 37.5 Å². The van der Waals surface area contributed by atoms with Crippen LogP contribution in [0.3, 0.4) is 0 Å². The average Bonchev–Trinajstić information content (AvgIpc) is 3.08. The summed E-state index contributed by atoms with van der Waals surface area (Å²) in [5.74, 6) is 0.990. The summed E-state index contributed by atoms with van der Waals surface area (Å²) < 4.78 is 14.0. The molecule has 0 saturated carbocycles. The fourth-order valence-electron chi connectivity index (χ4n) is 3.61. The van der Waals surface area contributed by atoms with E-state index in [0.717, 1.165) is 37.5 Å². The van der Waals surface area contributed by atoms with E-state index in [9.17, 15) is 0 Å². The summed E-state index contributed by atoms with van der Waals surface area (Å²) in [5.41, 5.74) is 3.57. The number of rotatable bonds is 4. The minimum absolute atomic E-state index is 0.260. The second-order valence-corrected chi connectivity index (χ2v) is 6.72. The average molecular weight is 328 g/mol. The second kappa shape index (κ2) is 6.53. The van der Waals surface area contributed by atoms with Gasteiger partial charge in [0.2, 0.25) is 0 Å². The Morgan fingerprint density at radius 1 is 1.33 bits per heavy atom. The van der Waals surface area contributed by atoms with Crippen LogP contribution in [-0.2, 0) is 11.3 Å². The molecule has 2 aliphatic rings. The fourth-order valence-corrected chi connectivity index (χ4v) is 3.61. The van der Waals surface area contributed by atoms with E-state index in [2.05, 4.69) is 41.2 Å². The van der Waals surface area contributed by atoms with Crippen LogP contribution in [0, 0.1) is 13.8 Å². The van der Waals surface area contributed by atoms with Gasteiger partial charge in [-0.1, -0.05) is 17.3 Å². The molecule has 0 spiro atoms. The van der Waals surface area contributed by atoms with Crippen LogP contribution in [0.1, 0.15) is 29.3 Å². The van der Waals surface area contributed by atoms with Crippen molar-refractivity contribution in [3.05, 3.63) is 41.2 Å². The van der Waals surface area contributed by atoms with E-state index in [-0.39, 0.29) is 12.1 Å². The standard InChI is InChI=1S/C18H24N4O2/c1-13-4-3-5-17(14(13)2)23-9-8-21-7-6-18-16(11-21)22-15(12-24-18)10-19-20-22/h3-5,10,16,18H,6-9,11-12H2,1-2H3/t16-,18-/m0/s1. The third kappa shape index (κ3) is 2.91. The minimum Gasteiger partial charge on any atom is -0.492 e. The molecule has 6 heteroatoms. The Labute approximate surface area is 142 Å². The highest BCUT2D eigenvalue weighted by molar-refractivity contribution is 5.38. The van der Waals surface area contributed by atoms with Gasteiger partial charge in [0.25, 0.3) is 0 Å². The van der Waals surface area contributed by atoms with Gasteiger partial charge >= 0.3 is 0 Å². The van der Waals surface area contributed by atoms with Gasteiger partial charge in [0.1, 0.15) is 12.4 Å². The highest BCUT2D eigenvalue weighted by Crippen LogP contribution is 2.30. The van der Waals surface area contributed by atoms with Gasteiger partial charge < -0.3 is 9.47 Å². The van der Waals surface area contributed by atoms with Crippen molar-refractivity contribution < 1.29 is 9.47 Å². The quantitative estimate of drug-likeness (QED) is 0.860. The lowest BCUT2D eigenvalue weighted by atomic mass is 10.0. The summed E-state index contributed by atoms with van der Waals surface area (Å²) >= 11 is 0. The topological polar surface area (TPSA) is 52.4 Å². The zero-order chi connectivity index (χ0) is 16.5. The summed E-state index contributed by atoms with van der Waals surface area (Å²) in [6.45, 7) is 8.46. The first kappa shape index (κ1) is 15.6. The summed E-state index contributed by atoms with van der Waals surface area (Å²) in [4.78, 5) is 2.44. The summed E-state index contributed by atoms with van der Waals surface area (Å²) in [6, 6.07) is 6.48. The normalized spacial score (nSPS) is 23.6. The highest BCUT2D eigenvalue weighted by Gasteiger charge is 2.36. The maximum atomic E-state index is 6.00. The van der Waals surface area contributed by atoms with Crippen molar-refractivity contribution in [3.8, 4) is 5.75 Å². The van der Waals surface area contributed by atoms with Crippen molar-refractivity contribution in [1.82, 2.24) is 19.9 Å². The van der Waals surface area contributed by atoms with Crippen LogP contribution >= 0.6 is 0 Å². The van der Waals surface area contributed by atoms with Crippen molar-refractivity contribution in [1.29, 1.82) is 0 Å². The number of piperidine rings is 1. The van der Waals surface area contributed by atoms with Gasteiger partial charge in [0.15, 0.2) is 0 Å². The predicted octanol–water partition coefficient (Wildman–Crippen LogP) is 2.12. The van der Waals surface area contributed by atoms with Gasteiger partial charge in [-0.25, -0.2) is 4.68 Å². The van der Waals surface area contributed by atoms with E-state index in [1.807, 2.05) is 10.7 Å². The van der Waals surface area contributed by atoms with Crippen LogP contribution in [0.5, 0.6) is 5.75 Å². The molecule has 0 N–H and O–H groups in total. The Bertz CT molecular complexity index is 715. The number of likely N-dealkylation sites (tertiary alicyclic amines) is 1. The first-order chi connectivity index (χ1) is 11.7. The van der Waals surface area contributed by atoms with Crippen LogP contribution in [0.25, 0.3) is 0 Å². The number of benzene rings is 1. The molecule has 0 aliphatic carbocycles. The van der Waals surface area contributed by atoms with E-state index in [4.69, 9.17) is 9.47 Å². The molecule has 1 aromatic heterocycles. The lowest BCUT2D eigenvalue weighted by Crippen LogP contribution is -2.48. The minimum atomic E-state index is 0.260. The largest absolute Gasteiger partial charge is 0.492 e. The molecule has 0 unspecified atom stereocenters. The molecule has 0 amide bonds. The van der Waals surface area contributed by atoms with E-state index in [0.29, 0.717) is 13.2 Å². The smallest absolute Gasteiger partial charge is 0.122 e. The SMILES string of the molecule is Cc1cccc(OCCN2CC[C@@H]3OCc4cnnn4[C@H]3C2)c1C. The van der Waals surface area contributed by atoms with E-state index in [1.54, 1.807) is 6.20 Å². The molecule has 3 heterocycles. The molecular formula is C18H24N4O2. The molecule has 24 heavy (non-hydrogen) atoms. The molecule has 2 atom stereocenters. The lowest BCUT2D eigenvalue weighted by Gasteiger charge is -2.40. The van der Waals surface area contributed by atoms with E-state index in [1.165, 1.54) is 11.1 Å². The molecule has 4 rings (SSSR count). The zero-order valence-corrected chi connectivity index (χ0v) is 14.3. The first-order valence-corrected chi connectivity index (χ1v) is 8.64. The summed E-state index contributed by atoms with van der Waals surface area (Å²) in [7, 11) is 0. The molecule has 1 fully saturated rings. The second-order valence-electron chi connectivity index (χ2n) is 6.72. The molecule has 0 bridgehead atoms. The Balaban J connectivity index is 1.35. The molecule has 0 radical (unpaired) electrons. The van der Waals surface area contributed by atoms with E-state index < -0.39 is 0 Å².